The van der Waals surface area contributed by atoms with Crippen molar-refractivity contribution < 1.29 is 17.6 Å². The average molecular weight is 453 g/mol. The number of carbonyl (C=O) groups excluding carboxylic acids is 1. The minimum Gasteiger partial charge on any atom is -0.423 e. The average Bonchev–Trinajstić information content (AvgIpc) is 3.22. The number of oxazole rings is 1. The van der Waals surface area contributed by atoms with Crippen LogP contribution in [0.5, 0.6) is 0 Å². The molecule has 0 atom stereocenters. The smallest absolute Gasteiger partial charge is 0.298 e. The Morgan fingerprint density at radius 1 is 1.16 bits per heavy atom. The van der Waals surface area contributed by atoms with Crippen LogP contribution in [0.3, 0.4) is 0 Å². The van der Waals surface area contributed by atoms with Gasteiger partial charge in [0.25, 0.3) is 11.9 Å². The Kier molecular flexibility index (Phi) is 5.91. The number of rotatable bonds is 5. The van der Waals surface area contributed by atoms with Crippen molar-refractivity contribution in [1.29, 1.82) is 0 Å². The maximum Gasteiger partial charge on any atom is 0.298 e. The van der Waals surface area contributed by atoms with Crippen molar-refractivity contribution in [2.45, 2.75) is 18.7 Å². The molecule has 1 fully saturated rings. The Labute approximate surface area is 187 Å². The van der Waals surface area contributed by atoms with Crippen LogP contribution < -0.4 is 10.2 Å². The largest absolute Gasteiger partial charge is 0.423 e. The molecule has 1 N–H and O–H groups in total. The van der Waals surface area contributed by atoms with Gasteiger partial charge in [-0.05, 0) is 49.2 Å². The first-order valence-corrected chi connectivity index (χ1v) is 11.7. The van der Waals surface area contributed by atoms with Crippen molar-refractivity contribution in [3.8, 4) is 12.3 Å². The number of piperazine rings is 1. The number of amides is 1. The highest BCUT2D eigenvalue weighted by molar-refractivity contribution is 7.89. The first kappa shape index (κ1) is 21.9. The monoisotopic (exact) mass is 452 g/mol. The summed E-state index contributed by atoms with van der Waals surface area (Å²) >= 11 is 0. The van der Waals surface area contributed by atoms with E-state index in [1.165, 1.54) is 4.31 Å². The van der Waals surface area contributed by atoms with E-state index in [4.69, 9.17) is 10.8 Å². The summed E-state index contributed by atoms with van der Waals surface area (Å²) in [6, 6.07) is 10.9. The van der Waals surface area contributed by atoms with E-state index in [0.717, 1.165) is 11.1 Å². The van der Waals surface area contributed by atoms with Crippen molar-refractivity contribution in [2.24, 2.45) is 0 Å². The lowest BCUT2D eigenvalue weighted by molar-refractivity contribution is 0.0959. The van der Waals surface area contributed by atoms with Crippen LogP contribution in [0, 0.1) is 26.2 Å². The predicted molar refractivity (Wildman–Crippen MR) is 122 cm³/mol. The topological polar surface area (TPSA) is 95.8 Å². The SMILES string of the molecule is C#CCNC(=O)c1ccc2oc(N3CCN(S(=O)(=O)c4cc(C)ccc4C)CC3)nc2c1. The van der Waals surface area contributed by atoms with Gasteiger partial charge in [0.1, 0.15) is 5.52 Å². The van der Waals surface area contributed by atoms with Crippen LogP contribution in [-0.2, 0) is 10.0 Å². The van der Waals surface area contributed by atoms with Crippen LogP contribution in [0.15, 0.2) is 45.7 Å². The highest BCUT2D eigenvalue weighted by Gasteiger charge is 2.31. The standard InChI is InChI=1S/C23H24N4O4S/c1-4-9-24-22(28)18-7-8-20-19(15-18)25-23(31-20)26-10-12-27(13-11-26)32(29,30)21-14-16(2)5-6-17(21)3/h1,5-8,14-15H,9-13H2,2-3H3,(H,24,28). The summed E-state index contributed by atoms with van der Waals surface area (Å²) in [5.74, 6) is 2.09. The van der Waals surface area contributed by atoms with Gasteiger partial charge in [-0.1, -0.05) is 18.1 Å². The second kappa shape index (κ2) is 8.65. The molecule has 3 aromatic rings. The molecule has 1 aliphatic rings. The molecule has 166 valence electrons. The highest BCUT2D eigenvalue weighted by Crippen LogP contribution is 2.26. The number of sulfonamides is 1. The van der Waals surface area contributed by atoms with Crippen molar-refractivity contribution in [1.82, 2.24) is 14.6 Å². The van der Waals surface area contributed by atoms with Crippen LogP contribution in [0.1, 0.15) is 21.5 Å². The number of nitrogens with zero attached hydrogens (tertiary/aromatic N) is 3. The molecule has 2 aromatic carbocycles. The Morgan fingerprint density at radius 2 is 1.91 bits per heavy atom. The molecule has 2 heterocycles. The number of hydrogen-bond acceptors (Lipinski definition) is 6. The normalized spacial score (nSPS) is 15.0. The van der Waals surface area contributed by atoms with Crippen molar-refractivity contribution in [3.63, 3.8) is 0 Å². The Bertz CT molecular complexity index is 1320. The molecule has 0 unspecified atom stereocenters. The third-order valence-electron chi connectivity index (χ3n) is 5.46. The number of carbonyl (C=O) groups is 1. The summed E-state index contributed by atoms with van der Waals surface area (Å²) in [4.78, 5) is 18.9. The fourth-order valence-electron chi connectivity index (χ4n) is 3.67. The summed E-state index contributed by atoms with van der Waals surface area (Å²) in [7, 11) is -3.57. The first-order chi connectivity index (χ1) is 15.3. The van der Waals surface area contributed by atoms with Crippen LogP contribution in [0.4, 0.5) is 6.01 Å². The van der Waals surface area contributed by atoms with Crippen LogP contribution in [0.25, 0.3) is 11.1 Å². The van der Waals surface area contributed by atoms with Crippen LogP contribution in [0.2, 0.25) is 0 Å². The third kappa shape index (κ3) is 4.20. The number of aryl methyl sites for hydroxylation is 2. The number of terminal acetylenes is 1. The number of fused-ring (bicyclic) bond motifs is 1. The molecular weight excluding hydrogens is 428 g/mol. The lowest BCUT2D eigenvalue weighted by Gasteiger charge is -2.33. The summed E-state index contributed by atoms with van der Waals surface area (Å²) < 4.78 is 33.6. The Morgan fingerprint density at radius 3 is 2.62 bits per heavy atom. The molecule has 0 aliphatic carbocycles. The minimum atomic E-state index is -3.57. The molecule has 32 heavy (non-hydrogen) atoms. The molecule has 0 radical (unpaired) electrons. The molecule has 1 saturated heterocycles. The molecular formula is C23H24N4O4S. The van der Waals surface area contributed by atoms with Gasteiger partial charge in [-0.2, -0.15) is 9.29 Å². The molecule has 1 amide bonds. The zero-order chi connectivity index (χ0) is 22.9. The number of benzene rings is 2. The summed E-state index contributed by atoms with van der Waals surface area (Å²) in [5, 5.41) is 2.62. The van der Waals surface area contributed by atoms with Crippen LogP contribution in [-0.4, -0.2) is 56.3 Å². The molecule has 9 heteroatoms. The van der Waals surface area contributed by atoms with Gasteiger partial charge >= 0.3 is 0 Å². The molecule has 8 nitrogen and oxygen atoms in total. The second-order valence-corrected chi connectivity index (χ2v) is 9.63. The molecule has 0 bridgehead atoms. The van der Waals surface area contributed by atoms with Crippen molar-refractivity contribution >= 4 is 33.0 Å². The van der Waals surface area contributed by atoms with Gasteiger partial charge < -0.3 is 14.6 Å². The molecule has 0 spiro atoms. The molecule has 4 rings (SSSR count). The highest BCUT2D eigenvalue weighted by atomic mass is 32.2. The van der Waals surface area contributed by atoms with E-state index in [2.05, 4.69) is 16.2 Å². The fourth-order valence-corrected chi connectivity index (χ4v) is 5.40. The third-order valence-corrected chi connectivity index (χ3v) is 7.50. The predicted octanol–water partition coefficient (Wildman–Crippen LogP) is 2.32. The van der Waals surface area contributed by atoms with Gasteiger partial charge in [-0.3, -0.25) is 4.79 Å². The van der Waals surface area contributed by atoms with E-state index >= 15 is 0 Å². The fraction of sp³-hybridized carbons (Fsp3) is 0.304. The number of nitrogens with one attached hydrogen (secondary N) is 1. The maximum absolute atomic E-state index is 13.1. The summed E-state index contributed by atoms with van der Waals surface area (Å²) in [5.41, 5.74) is 3.19. The molecule has 1 aromatic heterocycles. The molecule has 0 saturated carbocycles. The van der Waals surface area contributed by atoms with E-state index in [1.54, 1.807) is 24.3 Å². The minimum absolute atomic E-state index is 0.149. The van der Waals surface area contributed by atoms with E-state index in [-0.39, 0.29) is 12.5 Å². The van der Waals surface area contributed by atoms with Crippen molar-refractivity contribution in [3.05, 3.63) is 53.1 Å². The van der Waals surface area contributed by atoms with E-state index in [0.29, 0.717) is 53.8 Å². The summed E-state index contributed by atoms with van der Waals surface area (Å²) in [6.45, 7) is 5.40. The maximum atomic E-state index is 13.1. The Balaban J connectivity index is 1.49. The van der Waals surface area contributed by atoms with Gasteiger partial charge in [0.15, 0.2) is 5.58 Å². The zero-order valence-corrected chi connectivity index (χ0v) is 18.8. The first-order valence-electron chi connectivity index (χ1n) is 10.2. The number of aromatic nitrogens is 1. The number of hydrogen-bond donors (Lipinski definition) is 1. The van der Waals surface area contributed by atoms with Crippen molar-refractivity contribution in [2.75, 3.05) is 37.6 Å². The van der Waals surface area contributed by atoms with Gasteiger partial charge in [0, 0.05) is 31.7 Å². The Hall–Kier alpha value is -3.35. The van der Waals surface area contributed by atoms with Gasteiger partial charge in [0.2, 0.25) is 10.0 Å². The van der Waals surface area contributed by atoms with E-state index < -0.39 is 10.0 Å². The molecule has 1 aliphatic heterocycles. The lowest BCUT2D eigenvalue weighted by atomic mass is 10.2. The quantitative estimate of drug-likeness (QED) is 0.597. The van der Waals surface area contributed by atoms with E-state index in [1.807, 2.05) is 30.9 Å². The lowest BCUT2D eigenvalue weighted by Crippen LogP contribution is -2.48. The van der Waals surface area contributed by atoms with Crippen LogP contribution >= 0.6 is 0 Å². The van der Waals surface area contributed by atoms with E-state index in [9.17, 15) is 13.2 Å². The zero-order valence-electron chi connectivity index (χ0n) is 18.0. The van der Waals surface area contributed by atoms with Gasteiger partial charge in [-0.15, -0.1) is 6.42 Å². The van der Waals surface area contributed by atoms with Gasteiger partial charge in [0.05, 0.1) is 11.4 Å². The van der Waals surface area contributed by atoms with Gasteiger partial charge in [-0.25, -0.2) is 8.42 Å². The summed E-state index contributed by atoms with van der Waals surface area (Å²) in [6.07, 6.45) is 5.18. The number of anilines is 1. The second-order valence-electron chi connectivity index (χ2n) is 7.73.